The fraction of sp³-hybridized carbons (Fsp3) is 0.389. The molecule has 0 bridgehead atoms. The largest absolute Gasteiger partial charge is 0.410 e. The van der Waals surface area contributed by atoms with Crippen LogP contribution in [0.2, 0.25) is 0 Å². The van der Waals surface area contributed by atoms with Crippen LogP contribution in [0.5, 0.6) is 0 Å². The number of rotatable bonds is 4. The molecule has 6 nitrogen and oxygen atoms in total. The van der Waals surface area contributed by atoms with Gasteiger partial charge < -0.3 is 13.9 Å². The lowest BCUT2D eigenvalue weighted by molar-refractivity contribution is -0.129. The van der Waals surface area contributed by atoms with Crippen molar-refractivity contribution < 1.29 is 9.21 Å². The van der Waals surface area contributed by atoms with E-state index in [1.165, 1.54) is 18.2 Å². The number of nitrogens with zero attached hydrogens (tertiary/aromatic N) is 4. The molecule has 130 valence electrons. The van der Waals surface area contributed by atoms with E-state index in [4.69, 9.17) is 4.42 Å². The summed E-state index contributed by atoms with van der Waals surface area (Å²) in [5.41, 5.74) is 1.99. The smallest absolute Gasteiger partial charge is 0.277 e. The second kappa shape index (κ2) is 6.92. The first-order valence-corrected chi connectivity index (χ1v) is 9.50. The molecule has 25 heavy (non-hydrogen) atoms. The summed E-state index contributed by atoms with van der Waals surface area (Å²) in [5, 5.41) is 9.80. The van der Waals surface area contributed by atoms with Crippen LogP contribution in [0, 0.1) is 0 Å². The highest BCUT2D eigenvalue weighted by atomic mass is 32.2. The Balaban J connectivity index is 1.46. The van der Waals surface area contributed by atoms with Gasteiger partial charge in [0.15, 0.2) is 0 Å². The summed E-state index contributed by atoms with van der Waals surface area (Å²) in [6.07, 6.45) is 3.42. The van der Waals surface area contributed by atoms with E-state index >= 15 is 0 Å². The fourth-order valence-corrected chi connectivity index (χ4v) is 3.89. The van der Waals surface area contributed by atoms with Crippen molar-refractivity contribution in [2.24, 2.45) is 7.05 Å². The summed E-state index contributed by atoms with van der Waals surface area (Å²) in [6, 6.07) is 10.2. The molecule has 1 aromatic carbocycles. The molecule has 1 aliphatic heterocycles. The van der Waals surface area contributed by atoms with E-state index in [1.54, 1.807) is 0 Å². The van der Waals surface area contributed by atoms with Gasteiger partial charge in [0.05, 0.1) is 5.75 Å². The summed E-state index contributed by atoms with van der Waals surface area (Å²) in [7, 11) is 1.98. The number of benzene rings is 1. The van der Waals surface area contributed by atoms with Crippen LogP contribution in [-0.4, -0.2) is 44.4 Å². The third-order valence-electron chi connectivity index (χ3n) is 4.61. The number of aryl methyl sites for hydroxylation is 1. The number of hydrogen-bond donors (Lipinski definition) is 0. The summed E-state index contributed by atoms with van der Waals surface area (Å²) in [4.78, 5) is 14.2. The SMILES string of the molecule is Cn1c(-c2nnc(SCC(=O)N3CCCCC3)o2)cc2ccccc21. The molecular weight excluding hydrogens is 336 g/mol. The first kappa shape index (κ1) is 16.2. The molecule has 0 saturated carbocycles. The Kier molecular flexibility index (Phi) is 4.48. The predicted molar refractivity (Wildman–Crippen MR) is 97.4 cm³/mol. The Hall–Kier alpha value is -2.28. The highest BCUT2D eigenvalue weighted by Gasteiger charge is 2.19. The van der Waals surface area contributed by atoms with Crippen molar-refractivity contribution in [2.45, 2.75) is 24.5 Å². The van der Waals surface area contributed by atoms with Crippen molar-refractivity contribution in [2.75, 3.05) is 18.8 Å². The van der Waals surface area contributed by atoms with Crippen LogP contribution >= 0.6 is 11.8 Å². The molecule has 0 unspecified atom stereocenters. The summed E-state index contributed by atoms with van der Waals surface area (Å²) < 4.78 is 7.80. The van der Waals surface area contributed by atoms with Gasteiger partial charge in [0.2, 0.25) is 5.91 Å². The summed E-state index contributed by atoms with van der Waals surface area (Å²) in [6.45, 7) is 1.73. The van der Waals surface area contributed by atoms with Gasteiger partial charge in [0.1, 0.15) is 5.69 Å². The Labute approximate surface area is 150 Å². The Morgan fingerprint density at radius 2 is 2.00 bits per heavy atom. The molecule has 0 aliphatic carbocycles. The molecule has 0 atom stereocenters. The molecule has 1 fully saturated rings. The number of amides is 1. The van der Waals surface area contributed by atoms with Crippen molar-refractivity contribution in [1.82, 2.24) is 19.7 Å². The first-order valence-electron chi connectivity index (χ1n) is 8.51. The van der Waals surface area contributed by atoms with E-state index in [0.717, 1.165) is 42.5 Å². The van der Waals surface area contributed by atoms with E-state index < -0.39 is 0 Å². The zero-order valence-corrected chi connectivity index (χ0v) is 15.0. The number of thioether (sulfide) groups is 1. The van der Waals surface area contributed by atoms with Crippen LogP contribution in [0.15, 0.2) is 40.0 Å². The number of hydrogen-bond acceptors (Lipinski definition) is 5. The minimum Gasteiger partial charge on any atom is -0.410 e. The number of likely N-dealkylation sites (tertiary alicyclic amines) is 1. The van der Waals surface area contributed by atoms with Gasteiger partial charge >= 0.3 is 0 Å². The number of carbonyl (C=O) groups excluding carboxylic acids is 1. The van der Waals surface area contributed by atoms with Gasteiger partial charge in [0, 0.05) is 31.0 Å². The average Bonchev–Trinajstić information content (AvgIpc) is 3.25. The molecule has 1 amide bonds. The Bertz CT molecular complexity index is 896. The maximum Gasteiger partial charge on any atom is 0.277 e. The van der Waals surface area contributed by atoms with E-state index in [-0.39, 0.29) is 5.91 Å². The molecule has 0 spiro atoms. The van der Waals surface area contributed by atoms with Gasteiger partial charge in [-0.15, -0.1) is 10.2 Å². The van der Waals surface area contributed by atoms with Crippen molar-refractivity contribution in [3.8, 4) is 11.6 Å². The number of piperidine rings is 1. The molecule has 1 aliphatic rings. The fourth-order valence-electron chi connectivity index (χ4n) is 3.22. The van der Waals surface area contributed by atoms with Gasteiger partial charge in [-0.05, 0) is 31.4 Å². The summed E-state index contributed by atoms with van der Waals surface area (Å²) in [5.74, 6) is 0.970. The van der Waals surface area contributed by atoms with Gasteiger partial charge in [0.25, 0.3) is 11.1 Å². The van der Waals surface area contributed by atoms with Crippen LogP contribution in [0.4, 0.5) is 0 Å². The van der Waals surface area contributed by atoms with Crippen LogP contribution in [0.3, 0.4) is 0 Å². The topological polar surface area (TPSA) is 64.2 Å². The van der Waals surface area contributed by atoms with E-state index in [9.17, 15) is 4.79 Å². The number of carbonyl (C=O) groups is 1. The molecule has 1 saturated heterocycles. The van der Waals surface area contributed by atoms with Gasteiger partial charge in [-0.3, -0.25) is 4.79 Å². The van der Waals surface area contributed by atoms with Crippen molar-refractivity contribution in [1.29, 1.82) is 0 Å². The number of fused-ring (bicyclic) bond motifs is 1. The van der Waals surface area contributed by atoms with Gasteiger partial charge in [-0.25, -0.2) is 0 Å². The maximum absolute atomic E-state index is 12.2. The van der Waals surface area contributed by atoms with Crippen LogP contribution in [0.25, 0.3) is 22.5 Å². The second-order valence-corrected chi connectivity index (χ2v) is 7.18. The minimum absolute atomic E-state index is 0.147. The predicted octanol–water partition coefficient (Wildman–Crippen LogP) is 3.33. The Morgan fingerprint density at radius 1 is 1.20 bits per heavy atom. The molecular formula is C18H20N4O2S. The third-order valence-corrected chi connectivity index (χ3v) is 5.41. The molecule has 4 rings (SSSR count). The Morgan fingerprint density at radius 3 is 2.80 bits per heavy atom. The molecule has 2 aromatic heterocycles. The van der Waals surface area contributed by atoms with Crippen molar-refractivity contribution in [3.63, 3.8) is 0 Å². The maximum atomic E-state index is 12.2. The average molecular weight is 356 g/mol. The van der Waals surface area contributed by atoms with Crippen LogP contribution < -0.4 is 0 Å². The molecule has 3 heterocycles. The minimum atomic E-state index is 0.147. The zero-order valence-electron chi connectivity index (χ0n) is 14.1. The van der Waals surface area contributed by atoms with E-state index in [0.29, 0.717) is 16.9 Å². The van der Waals surface area contributed by atoms with Gasteiger partial charge in [-0.2, -0.15) is 0 Å². The second-order valence-electron chi connectivity index (χ2n) is 6.25. The molecule has 7 heteroatoms. The van der Waals surface area contributed by atoms with Crippen LogP contribution in [-0.2, 0) is 11.8 Å². The third kappa shape index (κ3) is 3.28. The van der Waals surface area contributed by atoms with Crippen molar-refractivity contribution >= 4 is 28.6 Å². The molecule has 0 N–H and O–H groups in total. The lowest BCUT2D eigenvalue weighted by atomic mass is 10.1. The van der Waals surface area contributed by atoms with E-state index in [1.807, 2.05) is 34.7 Å². The van der Waals surface area contributed by atoms with Crippen LogP contribution in [0.1, 0.15) is 19.3 Å². The first-order chi connectivity index (χ1) is 12.2. The number of aromatic nitrogens is 3. The van der Waals surface area contributed by atoms with Gasteiger partial charge in [-0.1, -0.05) is 30.0 Å². The summed E-state index contributed by atoms with van der Waals surface area (Å²) >= 11 is 1.31. The van der Waals surface area contributed by atoms with E-state index in [2.05, 4.69) is 22.3 Å². The monoisotopic (exact) mass is 356 g/mol. The molecule has 3 aromatic rings. The van der Waals surface area contributed by atoms with Crippen molar-refractivity contribution in [3.05, 3.63) is 30.3 Å². The number of para-hydroxylation sites is 1. The molecule has 0 radical (unpaired) electrons. The standard InChI is InChI=1S/C18H20N4O2S/c1-21-14-8-4-3-7-13(14)11-15(21)17-19-20-18(24-17)25-12-16(23)22-9-5-2-6-10-22/h3-4,7-8,11H,2,5-6,9-10,12H2,1H3. The zero-order chi connectivity index (χ0) is 17.2. The lowest BCUT2D eigenvalue weighted by Gasteiger charge is -2.26. The highest BCUT2D eigenvalue weighted by Crippen LogP contribution is 2.28. The normalized spacial score (nSPS) is 15.0. The quantitative estimate of drug-likeness (QED) is 0.671. The highest BCUT2D eigenvalue weighted by molar-refractivity contribution is 7.99. The lowest BCUT2D eigenvalue weighted by Crippen LogP contribution is -2.36.